The fraction of sp³-hybridized carbons (Fsp3) is 0.389. The Kier molecular flexibility index (Phi) is 6.30. The van der Waals surface area contributed by atoms with Crippen molar-refractivity contribution >= 4 is 29.3 Å². The van der Waals surface area contributed by atoms with Crippen LogP contribution in [0.3, 0.4) is 0 Å². The third kappa shape index (κ3) is 5.34. The van der Waals surface area contributed by atoms with Crippen LogP contribution < -0.4 is 5.32 Å². The number of hydrogen-bond donors (Lipinski definition) is 1. The first-order chi connectivity index (χ1) is 11.7. The molecule has 1 atom stereocenters. The molecule has 0 unspecified atom stereocenters. The number of hydrogen-bond acceptors (Lipinski definition) is 4. The van der Waals surface area contributed by atoms with E-state index in [2.05, 4.69) is 22.1 Å². The minimum absolute atomic E-state index is 0.0290. The van der Waals surface area contributed by atoms with Crippen LogP contribution in [0.25, 0.3) is 11.4 Å². The van der Waals surface area contributed by atoms with Crippen LogP contribution >= 0.6 is 23.4 Å². The smallest absolute Gasteiger partial charge is 0.233 e. The van der Waals surface area contributed by atoms with Crippen molar-refractivity contribution in [1.82, 2.24) is 20.1 Å². The molecule has 2 aromatic rings. The van der Waals surface area contributed by atoms with Gasteiger partial charge in [-0.1, -0.05) is 29.4 Å². The Morgan fingerprint density at radius 3 is 2.56 bits per heavy atom. The Balaban J connectivity index is 2.25. The molecule has 0 bridgehead atoms. The average molecular weight is 379 g/mol. The maximum absolute atomic E-state index is 12.3. The van der Waals surface area contributed by atoms with Crippen LogP contribution in [-0.4, -0.2) is 31.5 Å². The van der Waals surface area contributed by atoms with E-state index in [1.54, 1.807) is 6.08 Å². The molecule has 0 radical (unpaired) electrons. The van der Waals surface area contributed by atoms with Gasteiger partial charge in [0.2, 0.25) is 5.91 Å². The SMILES string of the molecule is C=CCn1c(S[C@H](C)C(=O)NC(C)(C)C)nnc1-c1ccc(Cl)cc1. The van der Waals surface area contributed by atoms with Gasteiger partial charge in [0.25, 0.3) is 0 Å². The Morgan fingerprint density at radius 1 is 1.36 bits per heavy atom. The van der Waals surface area contributed by atoms with Crippen LogP contribution in [0.4, 0.5) is 0 Å². The largest absolute Gasteiger partial charge is 0.351 e. The van der Waals surface area contributed by atoms with E-state index < -0.39 is 0 Å². The summed E-state index contributed by atoms with van der Waals surface area (Å²) in [4.78, 5) is 12.3. The van der Waals surface area contributed by atoms with E-state index in [9.17, 15) is 4.79 Å². The lowest BCUT2D eigenvalue weighted by molar-refractivity contribution is -0.121. The summed E-state index contributed by atoms with van der Waals surface area (Å²) in [5, 5.41) is 12.6. The Morgan fingerprint density at radius 2 is 2.00 bits per heavy atom. The standard InChI is InChI=1S/C18H23ClN4OS/c1-6-11-23-15(13-7-9-14(19)10-8-13)21-22-17(23)25-12(2)16(24)20-18(3,4)5/h6-10,12H,1,11H2,2-5H3,(H,20,24)/t12-/m1/s1. The van der Waals surface area contributed by atoms with Gasteiger partial charge >= 0.3 is 0 Å². The van der Waals surface area contributed by atoms with E-state index in [4.69, 9.17) is 11.6 Å². The van der Waals surface area contributed by atoms with Crippen LogP contribution in [0, 0.1) is 0 Å². The number of carbonyl (C=O) groups excluding carboxylic acids is 1. The van der Waals surface area contributed by atoms with Gasteiger partial charge in [-0.3, -0.25) is 9.36 Å². The van der Waals surface area contributed by atoms with Crippen LogP contribution in [0.2, 0.25) is 5.02 Å². The highest BCUT2D eigenvalue weighted by Gasteiger charge is 2.23. The minimum atomic E-state index is -0.287. The second-order valence-electron chi connectivity index (χ2n) is 6.71. The van der Waals surface area contributed by atoms with Gasteiger partial charge in [-0.25, -0.2) is 0 Å². The first-order valence-electron chi connectivity index (χ1n) is 8.00. The van der Waals surface area contributed by atoms with Gasteiger partial charge in [0.15, 0.2) is 11.0 Å². The van der Waals surface area contributed by atoms with Gasteiger partial charge in [0.1, 0.15) is 0 Å². The first kappa shape index (κ1) is 19.5. The number of nitrogens with zero attached hydrogens (tertiary/aromatic N) is 3. The van der Waals surface area contributed by atoms with Crippen LogP contribution in [0.15, 0.2) is 42.1 Å². The molecule has 0 aliphatic heterocycles. The van der Waals surface area contributed by atoms with E-state index in [-0.39, 0.29) is 16.7 Å². The summed E-state index contributed by atoms with van der Waals surface area (Å²) in [5.74, 6) is 0.696. The predicted molar refractivity (Wildman–Crippen MR) is 104 cm³/mol. The fourth-order valence-electron chi connectivity index (χ4n) is 2.16. The topological polar surface area (TPSA) is 59.8 Å². The summed E-state index contributed by atoms with van der Waals surface area (Å²) in [6.07, 6.45) is 1.78. The number of halogens is 1. The van der Waals surface area contributed by atoms with Gasteiger partial charge in [0, 0.05) is 22.7 Å². The van der Waals surface area contributed by atoms with Crippen molar-refractivity contribution in [2.24, 2.45) is 0 Å². The van der Waals surface area contributed by atoms with Gasteiger partial charge in [-0.15, -0.1) is 16.8 Å². The molecule has 0 aliphatic rings. The molecular weight excluding hydrogens is 356 g/mol. The normalized spacial score (nSPS) is 12.7. The average Bonchev–Trinajstić information content (AvgIpc) is 2.89. The summed E-state index contributed by atoms with van der Waals surface area (Å²) in [6.45, 7) is 12.1. The first-order valence-corrected chi connectivity index (χ1v) is 9.26. The molecule has 0 aliphatic carbocycles. The van der Waals surface area contributed by atoms with Crippen LogP contribution in [0.1, 0.15) is 27.7 Å². The second kappa shape index (κ2) is 8.06. The lowest BCUT2D eigenvalue weighted by atomic mass is 10.1. The monoisotopic (exact) mass is 378 g/mol. The van der Waals surface area contributed by atoms with Gasteiger partial charge in [0.05, 0.1) is 5.25 Å². The molecule has 1 aromatic carbocycles. The van der Waals surface area contributed by atoms with Crippen molar-refractivity contribution in [2.45, 2.75) is 50.2 Å². The van der Waals surface area contributed by atoms with Crippen molar-refractivity contribution in [2.75, 3.05) is 0 Å². The lowest BCUT2D eigenvalue weighted by Crippen LogP contribution is -2.44. The lowest BCUT2D eigenvalue weighted by Gasteiger charge is -2.22. The molecule has 1 N–H and O–H groups in total. The molecule has 1 heterocycles. The zero-order valence-electron chi connectivity index (χ0n) is 14.9. The van der Waals surface area contributed by atoms with Gasteiger partial charge in [-0.05, 0) is 52.0 Å². The van der Waals surface area contributed by atoms with E-state index in [0.29, 0.717) is 16.7 Å². The minimum Gasteiger partial charge on any atom is -0.351 e. The van der Waals surface area contributed by atoms with Crippen molar-refractivity contribution in [3.05, 3.63) is 41.9 Å². The molecule has 134 valence electrons. The Bertz CT molecular complexity index is 749. The number of benzene rings is 1. The van der Waals surface area contributed by atoms with Crippen molar-refractivity contribution < 1.29 is 4.79 Å². The summed E-state index contributed by atoms with van der Waals surface area (Å²) in [6, 6.07) is 7.43. The van der Waals surface area contributed by atoms with Gasteiger partial charge < -0.3 is 5.32 Å². The maximum Gasteiger partial charge on any atom is 0.233 e. The number of allylic oxidation sites excluding steroid dienone is 1. The number of aromatic nitrogens is 3. The molecule has 0 saturated carbocycles. The molecule has 7 heteroatoms. The highest BCUT2D eigenvalue weighted by Crippen LogP contribution is 2.28. The maximum atomic E-state index is 12.3. The third-order valence-corrected chi connectivity index (χ3v) is 4.61. The zero-order valence-corrected chi connectivity index (χ0v) is 16.5. The predicted octanol–water partition coefficient (Wildman–Crippen LogP) is 4.18. The number of rotatable bonds is 6. The molecule has 1 aromatic heterocycles. The Hall–Kier alpha value is -1.79. The Labute approximate surface area is 157 Å². The highest BCUT2D eigenvalue weighted by atomic mass is 35.5. The third-order valence-electron chi connectivity index (χ3n) is 3.28. The fourth-order valence-corrected chi connectivity index (χ4v) is 3.15. The molecule has 2 rings (SSSR count). The van der Waals surface area contributed by atoms with Crippen molar-refractivity contribution in [3.8, 4) is 11.4 Å². The van der Waals surface area contributed by atoms with E-state index in [0.717, 1.165) is 11.4 Å². The molecule has 0 fully saturated rings. The summed E-state index contributed by atoms with van der Waals surface area (Å²) >= 11 is 7.34. The van der Waals surface area contributed by atoms with E-state index >= 15 is 0 Å². The molecule has 0 spiro atoms. The highest BCUT2D eigenvalue weighted by molar-refractivity contribution is 8.00. The number of carbonyl (C=O) groups is 1. The van der Waals surface area contributed by atoms with Crippen molar-refractivity contribution in [3.63, 3.8) is 0 Å². The number of thioether (sulfide) groups is 1. The van der Waals surface area contributed by atoms with Gasteiger partial charge in [-0.2, -0.15) is 0 Å². The van der Waals surface area contributed by atoms with Crippen LogP contribution in [0.5, 0.6) is 0 Å². The van der Waals surface area contributed by atoms with Crippen molar-refractivity contribution in [1.29, 1.82) is 0 Å². The summed E-state index contributed by atoms with van der Waals surface area (Å²) in [5.41, 5.74) is 0.646. The molecule has 25 heavy (non-hydrogen) atoms. The number of nitrogens with one attached hydrogen (secondary N) is 1. The summed E-state index contributed by atoms with van der Waals surface area (Å²) < 4.78 is 1.95. The van der Waals surface area contributed by atoms with E-state index in [1.807, 2.05) is 56.5 Å². The van der Waals surface area contributed by atoms with Crippen LogP contribution in [-0.2, 0) is 11.3 Å². The molecule has 5 nitrogen and oxygen atoms in total. The van der Waals surface area contributed by atoms with E-state index in [1.165, 1.54) is 11.8 Å². The number of amides is 1. The molecule has 0 saturated heterocycles. The molecule has 1 amide bonds. The second-order valence-corrected chi connectivity index (χ2v) is 8.46. The summed E-state index contributed by atoms with van der Waals surface area (Å²) in [7, 11) is 0. The molecular formula is C18H23ClN4OS. The quantitative estimate of drug-likeness (QED) is 0.605. The zero-order chi connectivity index (χ0) is 18.6.